The number of halogens is 2. The summed E-state index contributed by atoms with van der Waals surface area (Å²) in [6.45, 7) is 0. The number of aromatic nitrogens is 1. The topological polar surface area (TPSA) is 42.0 Å². The zero-order valence-electron chi connectivity index (χ0n) is 6.34. The maximum atomic E-state index is 10.8. The van der Waals surface area contributed by atoms with Gasteiger partial charge in [0.15, 0.2) is 5.15 Å². The molecule has 66 valence electrons. The fourth-order valence-electron chi connectivity index (χ4n) is 0.669. The Balaban J connectivity index is 2.95. The first-order valence-electron chi connectivity index (χ1n) is 3.22. The van der Waals surface area contributed by atoms with Crippen LogP contribution in [0.1, 0.15) is 0 Å². The van der Waals surface area contributed by atoms with Gasteiger partial charge in [-0.25, -0.2) is 4.98 Å². The van der Waals surface area contributed by atoms with Crippen LogP contribution < -0.4 is 5.32 Å². The van der Waals surface area contributed by atoms with Gasteiger partial charge in [0.1, 0.15) is 0 Å². The molecule has 3 nitrogen and oxygen atoms in total. The number of nitrogens with one attached hydrogen (secondary N) is 1. The lowest BCUT2D eigenvalue weighted by molar-refractivity contribution is -0.111. The number of nitrogens with zero attached hydrogens (tertiary/aromatic N) is 1. The van der Waals surface area contributed by atoms with Gasteiger partial charge in [-0.2, -0.15) is 0 Å². The lowest BCUT2D eigenvalue weighted by atomic mass is 10.4. The van der Waals surface area contributed by atoms with Crippen LogP contribution in [-0.4, -0.2) is 10.9 Å². The number of carbonyl (C=O) groups is 1. The predicted octanol–water partition coefficient (Wildman–Crippen LogP) is 2.07. The molecule has 0 radical (unpaired) electrons. The highest BCUT2D eigenvalue weighted by Gasteiger charge is 2.04. The Morgan fingerprint density at radius 2 is 2.46 bits per heavy atom. The molecule has 0 aliphatic rings. The number of hydrogen-bond donors (Lipinski definition) is 1. The van der Waals surface area contributed by atoms with Gasteiger partial charge >= 0.3 is 0 Å². The molecule has 0 unspecified atom stereocenters. The van der Waals surface area contributed by atoms with Crippen molar-refractivity contribution >= 4 is 39.1 Å². The second-order valence-corrected chi connectivity index (χ2v) is 3.36. The largest absolute Gasteiger partial charge is 0.312 e. The first-order valence-corrected chi connectivity index (χ1v) is 4.39. The van der Waals surface area contributed by atoms with Crippen molar-refractivity contribution in [1.29, 1.82) is 0 Å². The number of carbonyl (C=O) groups excluding carboxylic acids is 1. The summed E-state index contributed by atoms with van der Waals surface area (Å²) in [5.74, 6) is 1.35. The number of amides is 1. The fraction of sp³-hybridized carbons (Fsp3) is 0. The van der Waals surface area contributed by atoms with Gasteiger partial charge < -0.3 is 5.32 Å². The quantitative estimate of drug-likeness (QED) is 0.620. The van der Waals surface area contributed by atoms with Gasteiger partial charge in [-0.3, -0.25) is 4.79 Å². The number of rotatable bonds is 1. The molecule has 5 heteroatoms. The molecule has 1 aromatic rings. The highest BCUT2D eigenvalue weighted by atomic mass is 79.9. The lowest BCUT2D eigenvalue weighted by Gasteiger charge is -2.02. The molecular formula is C8H4BrClN2O. The molecule has 1 aromatic heterocycles. The average molecular weight is 259 g/mol. The second kappa shape index (κ2) is 4.26. The summed E-state index contributed by atoms with van der Waals surface area (Å²) >= 11 is 8.87. The van der Waals surface area contributed by atoms with Crippen LogP contribution >= 0.6 is 27.5 Å². The Labute approximate surface area is 88.6 Å². The molecule has 13 heavy (non-hydrogen) atoms. The van der Waals surface area contributed by atoms with Crippen LogP contribution in [-0.2, 0) is 4.79 Å². The van der Waals surface area contributed by atoms with Crippen molar-refractivity contribution in [3.05, 3.63) is 21.9 Å². The van der Waals surface area contributed by atoms with Crippen molar-refractivity contribution < 1.29 is 4.79 Å². The van der Waals surface area contributed by atoms with Crippen molar-refractivity contribution in [2.45, 2.75) is 0 Å². The third kappa shape index (κ3) is 2.72. The SMILES string of the molecule is C#CC(=O)Nc1cc(Br)cnc1Cl. The van der Waals surface area contributed by atoms with Gasteiger partial charge in [0, 0.05) is 10.7 Å². The minimum Gasteiger partial charge on any atom is -0.312 e. The van der Waals surface area contributed by atoms with Crippen molar-refractivity contribution in [3.63, 3.8) is 0 Å². The van der Waals surface area contributed by atoms with Crippen LogP contribution in [0.2, 0.25) is 5.15 Å². The van der Waals surface area contributed by atoms with Gasteiger partial charge in [0.2, 0.25) is 0 Å². The first kappa shape index (κ1) is 10.0. The minimum absolute atomic E-state index is 0.201. The van der Waals surface area contributed by atoms with E-state index in [-0.39, 0.29) is 5.15 Å². The van der Waals surface area contributed by atoms with E-state index in [1.54, 1.807) is 6.07 Å². The molecule has 0 aliphatic heterocycles. The third-order valence-electron chi connectivity index (χ3n) is 1.18. The zero-order valence-corrected chi connectivity index (χ0v) is 8.69. The molecule has 0 bridgehead atoms. The van der Waals surface area contributed by atoms with Crippen LogP contribution in [0.4, 0.5) is 5.69 Å². The van der Waals surface area contributed by atoms with Crippen LogP contribution in [0.25, 0.3) is 0 Å². The van der Waals surface area contributed by atoms with E-state index in [4.69, 9.17) is 18.0 Å². The molecule has 0 atom stereocenters. The molecule has 0 fully saturated rings. The van der Waals surface area contributed by atoms with Crippen molar-refractivity contribution in [2.75, 3.05) is 5.32 Å². The Morgan fingerprint density at radius 3 is 3.08 bits per heavy atom. The van der Waals surface area contributed by atoms with Crippen molar-refractivity contribution in [2.24, 2.45) is 0 Å². The molecule has 0 spiro atoms. The number of hydrogen-bond acceptors (Lipinski definition) is 2. The molecule has 0 aromatic carbocycles. The molecule has 0 saturated heterocycles. The minimum atomic E-state index is -0.554. The highest BCUT2D eigenvalue weighted by molar-refractivity contribution is 9.10. The highest BCUT2D eigenvalue weighted by Crippen LogP contribution is 2.22. The van der Waals surface area contributed by atoms with Crippen LogP contribution in [0, 0.1) is 12.3 Å². The van der Waals surface area contributed by atoms with Crippen LogP contribution in [0.15, 0.2) is 16.7 Å². The Hall–Kier alpha value is -1.05. The van der Waals surface area contributed by atoms with E-state index in [1.807, 2.05) is 5.92 Å². The summed E-state index contributed by atoms with van der Waals surface area (Å²) in [6, 6.07) is 1.62. The first-order chi connectivity index (χ1) is 6.13. The summed E-state index contributed by atoms with van der Waals surface area (Å²) in [6.07, 6.45) is 6.39. The number of terminal acetylenes is 1. The van der Waals surface area contributed by atoms with E-state index < -0.39 is 5.91 Å². The van der Waals surface area contributed by atoms with E-state index in [9.17, 15) is 4.79 Å². The number of anilines is 1. The fourth-order valence-corrected chi connectivity index (χ4v) is 1.15. The summed E-state index contributed by atoms with van der Waals surface area (Å²) < 4.78 is 0.712. The molecule has 0 aliphatic carbocycles. The smallest absolute Gasteiger partial charge is 0.300 e. The third-order valence-corrected chi connectivity index (χ3v) is 1.92. The molecule has 1 heterocycles. The van der Waals surface area contributed by atoms with E-state index in [0.29, 0.717) is 10.2 Å². The van der Waals surface area contributed by atoms with Crippen molar-refractivity contribution in [3.8, 4) is 12.3 Å². The number of pyridine rings is 1. The van der Waals surface area contributed by atoms with Crippen molar-refractivity contribution in [1.82, 2.24) is 4.98 Å². The molecular weight excluding hydrogens is 255 g/mol. The predicted molar refractivity (Wildman–Crippen MR) is 54.4 cm³/mol. The normalized spacial score (nSPS) is 9.00. The summed E-state index contributed by atoms with van der Waals surface area (Å²) in [5, 5.41) is 2.60. The van der Waals surface area contributed by atoms with Crippen LogP contribution in [0.3, 0.4) is 0 Å². The molecule has 0 saturated carbocycles. The average Bonchev–Trinajstić information content (AvgIpc) is 2.11. The second-order valence-electron chi connectivity index (χ2n) is 2.09. The Bertz CT molecular complexity index is 386. The summed E-state index contributed by atoms with van der Waals surface area (Å²) in [7, 11) is 0. The monoisotopic (exact) mass is 258 g/mol. The molecule has 1 amide bonds. The Morgan fingerprint density at radius 1 is 1.77 bits per heavy atom. The van der Waals surface area contributed by atoms with Gasteiger partial charge in [-0.05, 0) is 27.9 Å². The molecule has 1 N–H and O–H groups in total. The van der Waals surface area contributed by atoms with Gasteiger partial charge in [-0.15, -0.1) is 6.42 Å². The Kier molecular flexibility index (Phi) is 3.29. The zero-order chi connectivity index (χ0) is 9.84. The summed E-state index contributed by atoms with van der Waals surface area (Å²) in [4.78, 5) is 14.6. The lowest BCUT2D eigenvalue weighted by Crippen LogP contribution is -2.08. The van der Waals surface area contributed by atoms with Gasteiger partial charge in [0.25, 0.3) is 5.91 Å². The summed E-state index contributed by atoms with van der Waals surface area (Å²) in [5.41, 5.74) is 0.388. The van der Waals surface area contributed by atoms with E-state index in [2.05, 4.69) is 26.2 Å². The van der Waals surface area contributed by atoms with Gasteiger partial charge in [-0.1, -0.05) is 11.6 Å². The van der Waals surface area contributed by atoms with Gasteiger partial charge in [0.05, 0.1) is 5.69 Å². The standard InChI is InChI=1S/C8H4BrClN2O/c1-2-7(13)12-6-3-5(9)4-11-8(6)10/h1,3-4H,(H,12,13). The van der Waals surface area contributed by atoms with Crippen LogP contribution in [0.5, 0.6) is 0 Å². The van der Waals surface area contributed by atoms with E-state index in [0.717, 1.165) is 0 Å². The maximum Gasteiger partial charge on any atom is 0.300 e. The maximum absolute atomic E-state index is 10.8. The van der Waals surface area contributed by atoms with E-state index >= 15 is 0 Å². The molecule has 1 rings (SSSR count). The van der Waals surface area contributed by atoms with E-state index in [1.165, 1.54) is 6.20 Å².